The minimum Gasteiger partial charge on any atom is -0.492 e. The molecule has 1 fully saturated rings. The molecule has 2 unspecified atom stereocenters. The molecular formula is C14H20N2O. The monoisotopic (exact) mass is 232 g/mol. The first-order valence-corrected chi connectivity index (χ1v) is 6.55. The number of benzene rings is 1. The van der Waals surface area contributed by atoms with Crippen LogP contribution in [0.3, 0.4) is 0 Å². The molecule has 2 N–H and O–H groups in total. The van der Waals surface area contributed by atoms with Gasteiger partial charge in [-0.2, -0.15) is 0 Å². The molecule has 0 spiro atoms. The molecule has 1 saturated carbocycles. The Morgan fingerprint density at radius 3 is 2.94 bits per heavy atom. The van der Waals surface area contributed by atoms with Crippen LogP contribution < -0.4 is 10.5 Å². The summed E-state index contributed by atoms with van der Waals surface area (Å²) >= 11 is 0. The van der Waals surface area contributed by atoms with Crippen LogP contribution in [-0.2, 0) is 6.54 Å². The predicted octanol–water partition coefficient (Wildman–Crippen LogP) is 1.76. The van der Waals surface area contributed by atoms with Gasteiger partial charge in [0.25, 0.3) is 0 Å². The molecule has 0 amide bonds. The first kappa shape index (κ1) is 11.1. The van der Waals surface area contributed by atoms with E-state index in [1.807, 2.05) is 6.07 Å². The normalized spacial score (nSPS) is 29.5. The summed E-state index contributed by atoms with van der Waals surface area (Å²) in [5.74, 6) is 1.04. The van der Waals surface area contributed by atoms with Gasteiger partial charge in [0, 0.05) is 30.7 Å². The minimum atomic E-state index is 0.347. The zero-order valence-electron chi connectivity index (χ0n) is 10.1. The summed E-state index contributed by atoms with van der Waals surface area (Å²) < 4.78 is 5.79. The Hall–Kier alpha value is -1.06. The molecule has 0 aromatic heterocycles. The lowest BCUT2D eigenvalue weighted by molar-refractivity contribution is 0.160. The highest BCUT2D eigenvalue weighted by molar-refractivity contribution is 5.33. The van der Waals surface area contributed by atoms with Gasteiger partial charge in [-0.3, -0.25) is 4.90 Å². The van der Waals surface area contributed by atoms with E-state index in [0.29, 0.717) is 12.1 Å². The summed E-state index contributed by atoms with van der Waals surface area (Å²) in [4.78, 5) is 2.50. The quantitative estimate of drug-likeness (QED) is 0.802. The van der Waals surface area contributed by atoms with Gasteiger partial charge in [-0.15, -0.1) is 0 Å². The van der Waals surface area contributed by atoms with Crippen LogP contribution in [0.2, 0.25) is 0 Å². The predicted molar refractivity (Wildman–Crippen MR) is 68.0 cm³/mol. The highest BCUT2D eigenvalue weighted by atomic mass is 16.5. The third kappa shape index (κ3) is 2.17. The van der Waals surface area contributed by atoms with Crippen molar-refractivity contribution in [3.05, 3.63) is 29.8 Å². The smallest absolute Gasteiger partial charge is 0.123 e. The van der Waals surface area contributed by atoms with Crippen LogP contribution in [0.25, 0.3) is 0 Å². The maximum absolute atomic E-state index is 6.20. The largest absolute Gasteiger partial charge is 0.492 e. The van der Waals surface area contributed by atoms with Gasteiger partial charge in [-0.05, 0) is 18.9 Å². The van der Waals surface area contributed by atoms with E-state index < -0.39 is 0 Å². The van der Waals surface area contributed by atoms with Crippen LogP contribution in [0.5, 0.6) is 5.75 Å². The molecule has 3 heteroatoms. The topological polar surface area (TPSA) is 38.5 Å². The Morgan fingerprint density at radius 1 is 1.24 bits per heavy atom. The second-order valence-corrected chi connectivity index (χ2v) is 5.09. The fourth-order valence-electron chi connectivity index (χ4n) is 3.05. The van der Waals surface area contributed by atoms with Crippen molar-refractivity contribution in [1.82, 2.24) is 4.90 Å². The van der Waals surface area contributed by atoms with Crippen molar-refractivity contribution < 1.29 is 4.74 Å². The van der Waals surface area contributed by atoms with E-state index in [1.54, 1.807) is 0 Å². The Kier molecular flexibility index (Phi) is 3.04. The molecule has 2 aliphatic rings. The van der Waals surface area contributed by atoms with E-state index in [4.69, 9.17) is 10.5 Å². The first-order chi connectivity index (χ1) is 8.34. The molecule has 1 heterocycles. The number of hydrogen-bond donors (Lipinski definition) is 1. The molecule has 1 aliphatic carbocycles. The van der Waals surface area contributed by atoms with Crippen molar-refractivity contribution in [2.75, 3.05) is 13.2 Å². The van der Waals surface area contributed by atoms with Gasteiger partial charge in [0.15, 0.2) is 0 Å². The van der Waals surface area contributed by atoms with E-state index in [0.717, 1.165) is 25.4 Å². The molecule has 1 aliphatic heterocycles. The second-order valence-electron chi connectivity index (χ2n) is 5.09. The fourth-order valence-corrected chi connectivity index (χ4v) is 3.05. The van der Waals surface area contributed by atoms with Gasteiger partial charge in [-0.25, -0.2) is 0 Å². The summed E-state index contributed by atoms with van der Waals surface area (Å²) in [5.41, 5.74) is 7.49. The Balaban J connectivity index is 1.80. The summed E-state index contributed by atoms with van der Waals surface area (Å²) in [6, 6.07) is 9.24. The van der Waals surface area contributed by atoms with E-state index in [-0.39, 0.29) is 0 Å². The molecular weight excluding hydrogens is 212 g/mol. The van der Waals surface area contributed by atoms with Crippen LogP contribution in [0.1, 0.15) is 24.8 Å². The SMILES string of the molecule is NC1CCCC1N1CCOc2ccccc2C1. The molecule has 17 heavy (non-hydrogen) atoms. The highest BCUT2D eigenvalue weighted by Crippen LogP contribution is 2.28. The summed E-state index contributed by atoms with van der Waals surface area (Å²) in [7, 11) is 0. The average molecular weight is 232 g/mol. The lowest BCUT2D eigenvalue weighted by Crippen LogP contribution is -2.44. The number of para-hydroxylation sites is 1. The molecule has 2 atom stereocenters. The third-order valence-electron chi connectivity index (χ3n) is 3.98. The minimum absolute atomic E-state index is 0.347. The molecule has 92 valence electrons. The second kappa shape index (κ2) is 4.67. The number of rotatable bonds is 1. The molecule has 1 aromatic rings. The average Bonchev–Trinajstić information content (AvgIpc) is 2.65. The molecule has 0 saturated heterocycles. The van der Waals surface area contributed by atoms with Crippen molar-refractivity contribution in [3.63, 3.8) is 0 Å². The van der Waals surface area contributed by atoms with Gasteiger partial charge in [0.1, 0.15) is 12.4 Å². The first-order valence-electron chi connectivity index (χ1n) is 6.55. The van der Waals surface area contributed by atoms with Crippen LogP contribution >= 0.6 is 0 Å². The van der Waals surface area contributed by atoms with Crippen LogP contribution in [0.15, 0.2) is 24.3 Å². The van der Waals surface area contributed by atoms with E-state index >= 15 is 0 Å². The van der Waals surface area contributed by atoms with E-state index in [1.165, 1.54) is 24.8 Å². The molecule has 3 nitrogen and oxygen atoms in total. The third-order valence-corrected chi connectivity index (χ3v) is 3.98. The van der Waals surface area contributed by atoms with Gasteiger partial charge in [-0.1, -0.05) is 24.6 Å². The van der Waals surface area contributed by atoms with Gasteiger partial charge in [0.2, 0.25) is 0 Å². The number of hydrogen-bond acceptors (Lipinski definition) is 3. The van der Waals surface area contributed by atoms with Gasteiger partial charge in [0.05, 0.1) is 0 Å². The van der Waals surface area contributed by atoms with E-state index in [2.05, 4.69) is 23.1 Å². The van der Waals surface area contributed by atoms with Crippen molar-refractivity contribution in [3.8, 4) is 5.75 Å². The fraction of sp³-hybridized carbons (Fsp3) is 0.571. The molecule has 0 bridgehead atoms. The van der Waals surface area contributed by atoms with Crippen molar-refractivity contribution in [1.29, 1.82) is 0 Å². The summed E-state index contributed by atoms with van der Waals surface area (Å²) in [6.07, 6.45) is 3.68. The van der Waals surface area contributed by atoms with E-state index in [9.17, 15) is 0 Å². The lowest BCUT2D eigenvalue weighted by Gasteiger charge is -2.29. The lowest BCUT2D eigenvalue weighted by atomic mass is 10.1. The van der Waals surface area contributed by atoms with Crippen LogP contribution in [0.4, 0.5) is 0 Å². The van der Waals surface area contributed by atoms with Gasteiger partial charge >= 0.3 is 0 Å². The van der Waals surface area contributed by atoms with Crippen molar-refractivity contribution in [2.24, 2.45) is 5.73 Å². The highest BCUT2D eigenvalue weighted by Gasteiger charge is 2.30. The standard InChI is InChI=1S/C14H20N2O/c15-12-5-3-6-13(12)16-8-9-17-14-7-2-1-4-11(14)10-16/h1-2,4,7,12-13H,3,5-6,8-10,15H2. The van der Waals surface area contributed by atoms with Crippen LogP contribution in [-0.4, -0.2) is 30.1 Å². The maximum atomic E-state index is 6.20. The van der Waals surface area contributed by atoms with Crippen molar-refractivity contribution >= 4 is 0 Å². The molecule has 0 radical (unpaired) electrons. The number of fused-ring (bicyclic) bond motifs is 1. The van der Waals surface area contributed by atoms with Crippen molar-refractivity contribution in [2.45, 2.75) is 37.9 Å². The van der Waals surface area contributed by atoms with Gasteiger partial charge < -0.3 is 10.5 Å². The maximum Gasteiger partial charge on any atom is 0.123 e. The molecule has 3 rings (SSSR count). The van der Waals surface area contributed by atoms with Crippen LogP contribution in [0, 0.1) is 0 Å². The number of nitrogens with zero attached hydrogens (tertiary/aromatic N) is 1. The number of ether oxygens (including phenoxy) is 1. The number of nitrogens with two attached hydrogens (primary N) is 1. The Bertz CT molecular complexity index is 394. The summed E-state index contributed by atoms with van der Waals surface area (Å²) in [5, 5.41) is 0. The zero-order chi connectivity index (χ0) is 11.7. The Morgan fingerprint density at radius 2 is 2.12 bits per heavy atom. The molecule has 1 aromatic carbocycles. The zero-order valence-corrected chi connectivity index (χ0v) is 10.1. The Labute approximate surface area is 103 Å². The summed E-state index contributed by atoms with van der Waals surface area (Å²) in [6.45, 7) is 2.75.